The molecule has 0 bridgehead atoms. The van der Waals surface area contributed by atoms with Gasteiger partial charge < -0.3 is 15.4 Å². The van der Waals surface area contributed by atoms with Crippen LogP contribution < -0.4 is 10.6 Å². The number of aromatic nitrogens is 2. The van der Waals surface area contributed by atoms with Gasteiger partial charge in [-0.25, -0.2) is 9.97 Å². The summed E-state index contributed by atoms with van der Waals surface area (Å²) in [5.41, 5.74) is 0.938. The Hall–Kier alpha value is -1.20. The fraction of sp³-hybridized carbons (Fsp3) is 0.600. The molecule has 2 N–H and O–H groups in total. The number of anilines is 1. The van der Waals surface area contributed by atoms with Gasteiger partial charge in [0, 0.05) is 25.8 Å². The van der Waals surface area contributed by atoms with Crippen molar-refractivity contribution in [1.29, 1.82) is 0 Å². The van der Waals surface area contributed by atoms with E-state index in [1.165, 1.54) is 0 Å². The Morgan fingerprint density at radius 1 is 1.67 bits per heavy atom. The molecule has 2 heterocycles. The molecule has 0 aromatic carbocycles. The molecule has 1 fully saturated rings. The first-order valence-electron chi connectivity index (χ1n) is 5.29. The molecule has 2 rings (SSSR count). The van der Waals surface area contributed by atoms with E-state index in [1.54, 1.807) is 6.20 Å². The molecule has 1 aromatic rings. The van der Waals surface area contributed by atoms with Gasteiger partial charge in [-0.1, -0.05) is 0 Å². The van der Waals surface area contributed by atoms with Gasteiger partial charge >= 0.3 is 0 Å². The van der Waals surface area contributed by atoms with Crippen LogP contribution in [0, 0.1) is 0 Å². The Morgan fingerprint density at radius 2 is 2.60 bits per heavy atom. The summed E-state index contributed by atoms with van der Waals surface area (Å²) < 4.78 is 5.62. The van der Waals surface area contributed by atoms with Crippen molar-refractivity contribution in [1.82, 2.24) is 15.3 Å². The fourth-order valence-electron chi connectivity index (χ4n) is 1.55. The van der Waals surface area contributed by atoms with Crippen molar-refractivity contribution in [2.75, 3.05) is 31.6 Å². The molecule has 0 radical (unpaired) electrons. The first kappa shape index (κ1) is 10.3. The Bertz CT molecular complexity index is 312. The van der Waals surface area contributed by atoms with Gasteiger partial charge in [-0.3, -0.25) is 0 Å². The van der Waals surface area contributed by atoms with Crippen molar-refractivity contribution < 1.29 is 4.74 Å². The molecule has 0 aliphatic carbocycles. The molecule has 0 amide bonds. The van der Waals surface area contributed by atoms with Crippen LogP contribution in [0.5, 0.6) is 0 Å². The van der Waals surface area contributed by atoms with Gasteiger partial charge in [-0.05, 0) is 13.0 Å². The average molecular weight is 208 g/mol. The summed E-state index contributed by atoms with van der Waals surface area (Å²) in [6.07, 6.45) is 1.82. The van der Waals surface area contributed by atoms with E-state index in [0.29, 0.717) is 5.95 Å². The molecular formula is C10H16N4O. The van der Waals surface area contributed by atoms with Gasteiger partial charge in [-0.15, -0.1) is 0 Å². The Kier molecular flexibility index (Phi) is 3.47. The number of ether oxygens (including phenoxy) is 1. The highest BCUT2D eigenvalue weighted by molar-refractivity contribution is 5.25. The van der Waals surface area contributed by atoms with Crippen molar-refractivity contribution >= 4 is 5.95 Å². The maximum atomic E-state index is 5.62. The van der Waals surface area contributed by atoms with Gasteiger partial charge in [0.15, 0.2) is 0 Å². The lowest BCUT2D eigenvalue weighted by molar-refractivity contribution is 0.0250. The van der Waals surface area contributed by atoms with Crippen molar-refractivity contribution in [2.45, 2.75) is 13.0 Å². The molecule has 1 saturated heterocycles. The van der Waals surface area contributed by atoms with Crippen molar-refractivity contribution in [2.24, 2.45) is 0 Å². The lowest BCUT2D eigenvalue weighted by Gasteiger charge is -2.23. The maximum absolute atomic E-state index is 5.62. The summed E-state index contributed by atoms with van der Waals surface area (Å²) in [7, 11) is 0. The van der Waals surface area contributed by atoms with Gasteiger partial charge in [0.25, 0.3) is 0 Å². The third-order valence-electron chi connectivity index (χ3n) is 2.27. The molecule has 82 valence electrons. The molecule has 1 aliphatic rings. The summed E-state index contributed by atoms with van der Waals surface area (Å²) in [5.74, 6) is 0.671. The minimum absolute atomic E-state index is 0.0548. The van der Waals surface area contributed by atoms with Crippen LogP contribution in [0.2, 0.25) is 0 Å². The second-order valence-corrected chi connectivity index (χ2v) is 3.40. The normalized spacial score (nSPS) is 21.3. The van der Waals surface area contributed by atoms with Crippen molar-refractivity contribution in [3.63, 3.8) is 0 Å². The predicted molar refractivity (Wildman–Crippen MR) is 57.8 cm³/mol. The summed E-state index contributed by atoms with van der Waals surface area (Å²) in [6, 6.07) is 1.90. The lowest BCUT2D eigenvalue weighted by atomic mass is 10.2. The Balaban J connectivity index is 2.09. The van der Waals surface area contributed by atoms with Gasteiger partial charge in [0.1, 0.15) is 6.10 Å². The number of hydrogen-bond donors (Lipinski definition) is 2. The minimum Gasteiger partial charge on any atom is -0.369 e. The molecule has 1 atom stereocenters. The van der Waals surface area contributed by atoms with Crippen LogP contribution in [-0.4, -0.2) is 36.2 Å². The van der Waals surface area contributed by atoms with E-state index < -0.39 is 0 Å². The van der Waals surface area contributed by atoms with Crippen molar-refractivity contribution in [3.8, 4) is 0 Å². The highest BCUT2D eigenvalue weighted by Gasteiger charge is 2.17. The van der Waals surface area contributed by atoms with E-state index >= 15 is 0 Å². The zero-order valence-electron chi connectivity index (χ0n) is 8.86. The maximum Gasteiger partial charge on any atom is 0.222 e. The van der Waals surface area contributed by atoms with Gasteiger partial charge in [0.05, 0.1) is 12.3 Å². The number of hydrogen-bond acceptors (Lipinski definition) is 5. The van der Waals surface area contributed by atoms with Crippen molar-refractivity contribution in [3.05, 3.63) is 18.0 Å². The van der Waals surface area contributed by atoms with E-state index in [2.05, 4.69) is 20.6 Å². The van der Waals surface area contributed by atoms with Crippen LogP contribution in [0.4, 0.5) is 5.95 Å². The van der Waals surface area contributed by atoms with Crippen LogP contribution in [-0.2, 0) is 4.74 Å². The van der Waals surface area contributed by atoms with Crippen LogP contribution in [0.25, 0.3) is 0 Å². The zero-order chi connectivity index (χ0) is 10.5. The smallest absolute Gasteiger partial charge is 0.222 e. The summed E-state index contributed by atoms with van der Waals surface area (Å²) in [5, 5.41) is 6.37. The second-order valence-electron chi connectivity index (χ2n) is 3.40. The average Bonchev–Trinajstić information content (AvgIpc) is 2.31. The molecule has 1 aromatic heterocycles. The summed E-state index contributed by atoms with van der Waals surface area (Å²) >= 11 is 0. The second kappa shape index (κ2) is 5.04. The first-order chi connectivity index (χ1) is 7.40. The highest BCUT2D eigenvalue weighted by Crippen LogP contribution is 2.16. The quantitative estimate of drug-likeness (QED) is 0.760. The van der Waals surface area contributed by atoms with Crippen LogP contribution >= 0.6 is 0 Å². The van der Waals surface area contributed by atoms with Gasteiger partial charge in [-0.2, -0.15) is 0 Å². The molecule has 5 nitrogen and oxygen atoms in total. The van der Waals surface area contributed by atoms with E-state index in [0.717, 1.165) is 31.9 Å². The number of morpholine rings is 1. The van der Waals surface area contributed by atoms with Crippen LogP contribution in [0.1, 0.15) is 18.7 Å². The number of rotatable bonds is 3. The Morgan fingerprint density at radius 3 is 3.33 bits per heavy atom. The van der Waals surface area contributed by atoms with E-state index in [4.69, 9.17) is 4.74 Å². The lowest BCUT2D eigenvalue weighted by Crippen LogP contribution is -2.33. The molecule has 0 spiro atoms. The third kappa shape index (κ3) is 2.64. The topological polar surface area (TPSA) is 59.1 Å². The zero-order valence-corrected chi connectivity index (χ0v) is 8.86. The first-order valence-corrected chi connectivity index (χ1v) is 5.29. The number of nitrogens with zero attached hydrogens (tertiary/aromatic N) is 2. The van der Waals surface area contributed by atoms with Gasteiger partial charge in [0.2, 0.25) is 5.95 Å². The van der Waals surface area contributed by atoms with E-state index in [1.807, 2.05) is 13.0 Å². The SMILES string of the molecule is CCNc1nccc(C2CNCCO2)n1. The van der Waals surface area contributed by atoms with Crippen LogP contribution in [0.15, 0.2) is 12.3 Å². The minimum atomic E-state index is 0.0548. The van der Waals surface area contributed by atoms with E-state index in [9.17, 15) is 0 Å². The van der Waals surface area contributed by atoms with E-state index in [-0.39, 0.29) is 6.10 Å². The summed E-state index contributed by atoms with van der Waals surface area (Å²) in [4.78, 5) is 8.52. The molecule has 1 aliphatic heterocycles. The third-order valence-corrected chi connectivity index (χ3v) is 2.27. The van der Waals surface area contributed by atoms with Crippen LogP contribution in [0.3, 0.4) is 0 Å². The molecule has 1 unspecified atom stereocenters. The standard InChI is InChI=1S/C10H16N4O/c1-2-12-10-13-4-3-8(14-10)9-7-11-5-6-15-9/h3-4,9,11H,2,5-7H2,1H3,(H,12,13,14). The highest BCUT2D eigenvalue weighted by atomic mass is 16.5. The fourth-order valence-corrected chi connectivity index (χ4v) is 1.55. The molecular weight excluding hydrogens is 192 g/mol. The Labute approximate surface area is 89.3 Å². The largest absolute Gasteiger partial charge is 0.369 e. The monoisotopic (exact) mass is 208 g/mol. The molecule has 0 saturated carbocycles. The predicted octanol–water partition coefficient (Wildman–Crippen LogP) is 0.569. The number of nitrogens with one attached hydrogen (secondary N) is 2. The summed E-state index contributed by atoms with van der Waals surface area (Å²) in [6.45, 7) is 5.33. The molecule has 5 heteroatoms. The molecule has 15 heavy (non-hydrogen) atoms.